The molecule has 0 saturated carbocycles. The second-order valence-corrected chi connectivity index (χ2v) is 4.26. The van der Waals surface area contributed by atoms with E-state index in [4.69, 9.17) is 0 Å². The fourth-order valence-electron chi connectivity index (χ4n) is 1.03. The summed E-state index contributed by atoms with van der Waals surface area (Å²) in [6.45, 7) is 8.12. The third kappa shape index (κ3) is 5.54. The van der Waals surface area contributed by atoms with E-state index in [0.717, 1.165) is 30.3 Å². The van der Waals surface area contributed by atoms with Crippen LogP contribution in [0.3, 0.4) is 0 Å². The van der Waals surface area contributed by atoms with Crippen LogP contribution in [-0.4, -0.2) is 28.8 Å². The van der Waals surface area contributed by atoms with Crippen molar-refractivity contribution in [2.75, 3.05) is 18.8 Å². The van der Waals surface area contributed by atoms with Gasteiger partial charge in [0.15, 0.2) is 0 Å². The van der Waals surface area contributed by atoms with Crippen molar-refractivity contribution in [2.24, 2.45) is 0 Å². The van der Waals surface area contributed by atoms with Gasteiger partial charge in [-0.25, -0.2) is 9.97 Å². The molecule has 1 heterocycles. The van der Waals surface area contributed by atoms with Crippen LogP contribution < -0.4 is 5.32 Å². The van der Waals surface area contributed by atoms with Gasteiger partial charge < -0.3 is 5.32 Å². The van der Waals surface area contributed by atoms with Crippen molar-refractivity contribution in [2.45, 2.75) is 18.4 Å². The van der Waals surface area contributed by atoms with Gasteiger partial charge in [0.1, 0.15) is 6.33 Å². The molecule has 0 radical (unpaired) electrons. The van der Waals surface area contributed by atoms with Crippen molar-refractivity contribution in [3.63, 3.8) is 0 Å². The predicted octanol–water partition coefficient (Wildman–Crippen LogP) is 2.12. The van der Waals surface area contributed by atoms with Crippen LogP contribution in [0.2, 0.25) is 0 Å². The van der Waals surface area contributed by atoms with Crippen molar-refractivity contribution in [3.05, 3.63) is 30.7 Å². The van der Waals surface area contributed by atoms with Crippen LogP contribution in [0.15, 0.2) is 35.8 Å². The maximum absolute atomic E-state index is 4.14. The van der Waals surface area contributed by atoms with Crippen LogP contribution in [-0.2, 0) is 0 Å². The summed E-state index contributed by atoms with van der Waals surface area (Å²) >= 11 is 1.70. The molecule has 0 amide bonds. The lowest BCUT2D eigenvalue weighted by atomic mass is 10.3. The van der Waals surface area contributed by atoms with Gasteiger partial charge in [-0.2, -0.15) is 0 Å². The Balaban J connectivity index is 2.17. The van der Waals surface area contributed by atoms with Gasteiger partial charge in [-0.05, 0) is 19.0 Å². The zero-order chi connectivity index (χ0) is 10.9. The second-order valence-electron chi connectivity index (χ2n) is 3.26. The van der Waals surface area contributed by atoms with Gasteiger partial charge >= 0.3 is 0 Å². The third-order valence-corrected chi connectivity index (χ3v) is 2.87. The van der Waals surface area contributed by atoms with Gasteiger partial charge in [0.25, 0.3) is 0 Å². The fourth-order valence-corrected chi connectivity index (χ4v) is 1.77. The highest BCUT2D eigenvalue weighted by atomic mass is 32.2. The van der Waals surface area contributed by atoms with Gasteiger partial charge in [-0.1, -0.05) is 19.1 Å². The molecule has 4 heteroatoms. The molecular weight excluding hydrogens is 206 g/mol. The van der Waals surface area contributed by atoms with Crippen molar-refractivity contribution >= 4 is 11.8 Å². The lowest BCUT2D eigenvalue weighted by molar-refractivity contribution is 0.716. The first kappa shape index (κ1) is 12.2. The molecular formula is C11H17N3S. The van der Waals surface area contributed by atoms with Crippen molar-refractivity contribution in [3.8, 4) is 0 Å². The quantitative estimate of drug-likeness (QED) is 0.332. The van der Waals surface area contributed by atoms with Crippen LogP contribution in [0.4, 0.5) is 0 Å². The Morgan fingerprint density at radius 3 is 3.13 bits per heavy atom. The summed E-state index contributed by atoms with van der Waals surface area (Å²) in [6, 6.07) is 1.91. The minimum atomic E-state index is 0.895. The molecule has 1 aromatic rings. The molecule has 1 rings (SSSR count). The van der Waals surface area contributed by atoms with Crippen molar-refractivity contribution in [1.29, 1.82) is 0 Å². The molecule has 82 valence electrons. The van der Waals surface area contributed by atoms with Gasteiger partial charge in [0, 0.05) is 18.5 Å². The van der Waals surface area contributed by atoms with E-state index in [-0.39, 0.29) is 0 Å². The smallest absolute Gasteiger partial charge is 0.116 e. The average Bonchev–Trinajstić information content (AvgIpc) is 2.28. The standard InChI is InChI=1S/C11H17N3S/c1-3-5-12-7-10(2)8-15-11-4-6-13-9-14-11/h4,6,9,12H,2-3,5,7-8H2,1H3. The van der Waals surface area contributed by atoms with Crippen LogP contribution in [0.1, 0.15) is 13.3 Å². The molecule has 0 atom stereocenters. The Hall–Kier alpha value is -0.870. The Morgan fingerprint density at radius 1 is 1.60 bits per heavy atom. The van der Waals surface area contributed by atoms with Crippen LogP contribution in [0, 0.1) is 0 Å². The van der Waals surface area contributed by atoms with E-state index in [1.165, 1.54) is 5.57 Å². The minimum Gasteiger partial charge on any atom is -0.313 e. The number of rotatable bonds is 7. The normalized spacial score (nSPS) is 10.2. The predicted molar refractivity (Wildman–Crippen MR) is 65.1 cm³/mol. The summed E-state index contributed by atoms with van der Waals surface area (Å²) in [5, 5.41) is 4.33. The third-order valence-electron chi connectivity index (χ3n) is 1.78. The molecule has 0 aliphatic carbocycles. The average molecular weight is 223 g/mol. The van der Waals surface area contributed by atoms with E-state index in [0.29, 0.717) is 0 Å². The molecule has 1 aromatic heterocycles. The fraction of sp³-hybridized carbons (Fsp3) is 0.455. The van der Waals surface area contributed by atoms with E-state index in [9.17, 15) is 0 Å². The van der Waals surface area contributed by atoms with E-state index in [1.807, 2.05) is 6.07 Å². The molecule has 0 aromatic carbocycles. The first-order valence-electron chi connectivity index (χ1n) is 5.09. The highest BCUT2D eigenvalue weighted by Crippen LogP contribution is 2.15. The molecule has 0 bridgehead atoms. The number of nitrogens with one attached hydrogen (secondary N) is 1. The van der Waals surface area contributed by atoms with Gasteiger partial charge in [-0.15, -0.1) is 11.8 Å². The molecule has 0 unspecified atom stereocenters. The molecule has 0 aliphatic heterocycles. The summed E-state index contributed by atoms with van der Waals surface area (Å²) in [7, 11) is 0. The zero-order valence-corrected chi connectivity index (χ0v) is 9.89. The molecule has 0 spiro atoms. The van der Waals surface area contributed by atoms with Crippen LogP contribution >= 0.6 is 11.8 Å². The zero-order valence-electron chi connectivity index (χ0n) is 9.07. The largest absolute Gasteiger partial charge is 0.313 e. The SMILES string of the molecule is C=C(CNCCC)CSc1ccncn1. The molecule has 0 aliphatic rings. The first-order chi connectivity index (χ1) is 7.33. The number of aromatic nitrogens is 2. The number of thioether (sulfide) groups is 1. The Bertz CT molecular complexity index is 287. The van der Waals surface area contributed by atoms with E-state index < -0.39 is 0 Å². The van der Waals surface area contributed by atoms with Crippen LogP contribution in [0.25, 0.3) is 0 Å². The highest BCUT2D eigenvalue weighted by molar-refractivity contribution is 7.99. The summed E-state index contributed by atoms with van der Waals surface area (Å²) in [5.74, 6) is 0.910. The van der Waals surface area contributed by atoms with E-state index in [2.05, 4.69) is 28.8 Å². The van der Waals surface area contributed by atoms with Crippen molar-refractivity contribution < 1.29 is 0 Å². The monoisotopic (exact) mass is 223 g/mol. The Labute approximate surface area is 95.4 Å². The summed E-state index contributed by atoms with van der Waals surface area (Å²) < 4.78 is 0. The number of hydrogen-bond donors (Lipinski definition) is 1. The lowest BCUT2D eigenvalue weighted by Gasteiger charge is -2.05. The van der Waals surface area contributed by atoms with Crippen LogP contribution in [0.5, 0.6) is 0 Å². The van der Waals surface area contributed by atoms with Gasteiger partial charge in [0.2, 0.25) is 0 Å². The topological polar surface area (TPSA) is 37.8 Å². The molecule has 15 heavy (non-hydrogen) atoms. The minimum absolute atomic E-state index is 0.895. The van der Waals surface area contributed by atoms with E-state index >= 15 is 0 Å². The molecule has 0 fully saturated rings. The second kappa shape index (κ2) is 7.43. The maximum Gasteiger partial charge on any atom is 0.116 e. The summed E-state index contributed by atoms with van der Waals surface area (Å²) in [4.78, 5) is 8.01. The van der Waals surface area contributed by atoms with E-state index in [1.54, 1.807) is 24.3 Å². The Kier molecular flexibility index (Phi) is 6.04. The highest BCUT2D eigenvalue weighted by Gasteiger charge is 1.97. The summed E-state index contributed by atoms with van der Waals surface area (Å²) in [5.41, 5.74) is 1.20. The molecule has 3 nitrogen and oxygen atoms in total. The first-order valence-corrected chi connectivity index (χ1v) is 6.07. The Morgan fingerprint density at radius 2 is 2.47 bits per heavy atom. The summed E-state index contributed by atoms with van der Waals surface area (Å²) in [6.07, 6.45) is 4.49. The lowest BCUT2D eigenvalue weighted by Crippen LogP contribution is -2.18. The van der Waals surface area contributed by atoms with Gasteiger partial charge in [0.05, 0.1) is 5.03 Å². The van der Waals surface area contributed by atoms with Gasteiger partial charge in [-0.3, -0.25) is 0 Å². The maximum atomic E-state index is 4.14. The van der Waals surface area contributed by atoms with Crippen molar-refractivity contribution in [1.82, 2.24) is 15.3 Å². The molecule has 1 N–H and O–H groups in total. The number of nitrogens with zero attached hydrogens (tertiary/aromatic N) is 2. The number of hydrogen-bond acceptors (Lipinski definition) is 4. The molecule has 0 saturated heterocycles.